The molecule has 1 aliphatic rings. The van der Waals surface area contributed by atoms with E-state index in [-0.39, 0.29) is 5.91 Å². The molecule has 6 heteroatoms. The molecule has 0 spiro atoms. The molecule has 0 saturated carbocycles. The van der Waals surface area contributed by atoms with E-state index >= 15 is 0 Å². The van der Waals surface area contributed by atoms with Crippen LogP contribution in [-0.2, 0) is 24.3 Å². The Labute approximate surface area is 156 Å². The normalized spacial score (nSPS) is 15.3. The molecule has 1 N–H and O–H groups in total. The van der Waals surface area contributed by atoms with Crippen LogP contribution in [0.25, 0.3) is 0 Å². The van der Waals surface area contributed by atoms with E-state index in [9.17, 15) is 9.90 Å². The first kappa shape index (κ1) is 17.0. The van der Waals surface area contributed by atoms with E-state index in [1.807, 2.05) is 63.5 Å². The minimum Gasteiger partial charge on any atom is -0.382 e. The maximum Gasteiger partial charge on any atom is 0.228 e. The van der Waals surface area contributed by atoms with Gasteiger partial charge in [-0.25, -0.2) is 0 Å². The predicted octanol–water partition coefficient (Wildman–Crippen LogP) is 3.00. The Morgan fingerprint density at radius 3 is 2.81 bits per heavy atom. The SMILES string of the molecule is O=C(Cc1cccs1)N1CCCn2nc([C@@H](O)c3ccccc3)cc2C1. The number of carbonyl (C=O) groups excluding carboxylic acids is 1. The van der Waals surface area contributed by atoms with Gasteiger partial charge in [0.25, 0.3) is 0 Å². The van der Waals surface area contributed by atoms with Gasteiger partial charge >= 0.3 is 0 Å². The van der Waals surface area contributed by atoms with E-state index in [1.165, 1.54) is 0 Å². The van der Waals surface area contributed by atoms with Crippen molar-refractivity contribution in [3.63, 3.8) is 0 Å². The lowest BCUT2D eigenvalue weighted by molar-refractivity contribution is -0.131. The molecule has 1 atom stereocenters. The second-order valence-corrected chi connectivity index (χ2v) is 7.55. The lowest BCUT2D eigenvalue weighted by atomic mass is 10.1. The van der Waals surface area contributed by atoms with E-state index in [4.69, 9.17) is 0 Å². The molecule has 0 unspecified atom stereocenters. The summed E-state index contributed by atoms with van der Waals surface area (Å²) in [6.45, 7) is 2.04. The third kappa shape index (κ3) is 3.57. The number of aromatic nitrogens is 2. The van der Waals surface area contributed by atoms with Crippen molar-refractivity contribution in [1.82, 2.24) is 14.7 Å². The zero-order valence-corrected chi connectivity index (χ0v) is 15.2. The van der Waals surface area contributed by atoms with E-state index in [1.54, 1.807) is 11.3 Å². The van der Waals surface area contributed by atoms with Gasteiger partial charge < -0.3 is 10.0 Å². The van der Waals surface area contributed by atoms with Crippen molar-refractivity contribution >= 4 is 17.2 Å². The summed E-state index contributed by atoms with van der Waals surface area (Å²) >= 11 is 1.61. The fourth-order valence-corrected chi connectivity index (χ4v) is 4.01. The minimum atomic E-state index is -0.745. The topological polar surface area (TPSA) is 58.4 Å². The summed E-state index contributed by atoms with van der Waals surface area (Å²) in [5.74, 6) is 0.146. The van der Waals surface area contributed by atoms with Gasteiger partial charge in [-0.2, -0.15) is 5.10 Å². The molecule has 1 amide bonds. The maximum absolute atomic E-state index is 12.6. The number of fused-ring (bicyclic) bond motifs is 1. The molecule has 4 rings (SSSR count). The van der Waals surface area contributed by atoms with Crippen LogP contribution in [0.2, 0.25) is 0 Å². The molecule has 5 nitrogen and oxygen atoms in total. The molecule has 3 aromatic rings. The Kier molecular flexibility index (Phi) is 4.86. The van der Waals surface area contributed by atoms with Crippen molar-refractivity contribution in [3.05, 3.63) is 75.7 Å². The molecule has 0 radical (unpaired) electrons. The van der Waals surface area contributed by atoms with Gasteiger partial charge in [0.15, 0.2) is 0 Å². The minimum absolute atomic E-state index is 0.146. The van der Waals surface area contributed by atoms with Crippen molar-refractivity contribution in [1.29, 1.82) is 0 Å². The summed E-state index contributed by atoms with van der Waals surface area (Å²) in [5.41, 5.74) is 2.44. The Bertz CT molecular complexity index is 874. The van der Waals surface area contributed by atoms with E-state index in [0.29, 0.717) is 18.7 Å². The molecule has 3 heterocycles. The number of hydrogen-bond donors (Lipinski definition) is 1. The number of nitrogens with zero attached hydrogens (tertiary/aromatic N) is 3. The van der Waals surface area contributed by atoms with Gasteiger partial charge in [0, 0.05) is 18.0 Å². The second kappa shape index (κ2) is 7.43. The Balaban J connectivity index is 1.51. The number of carbonyl (C=O) groups is 1. The third-order valence-corrected chi connectivity index (χ3v) is 5.56. The van der Waals surface area contributed by atoms with Gasteiger partial charge in [-0.1, -0.05) is 36.4 Å². The quantitative estimate of drug-likeness (QED) is 0.771. The molecule has 0 fully saturated rings. The van der Waals surface area contributed by atoms with Gasteiger partial charge in [-0.15, -0.1) is 11.3 Å². The van der Waals surface area contributed by atoms with Gasteiger partial charge in [0.2, 0.25) is 5.91 Å². The maximum atomic E-state index is 12.6. The standard InChI is InChI=1S/C20H21N3O2S/c24-19(13-17-8-4-11-26-17)22-9-5-10-23-16(14-22)12-18(21-23)20(25)15-6-2-1-3-7-15/h1-4,6-8,11-12,20,25H,5,9-10,13-14H2/t20-/m0/s1. The summed E-state index contributed by atoms with van der Waals surface area (Å²) in [6.07, 6.45) is 0.572. The average molecular weight is 367 g/mol. The van der Waals surface area contributed by atoms with Crippen LogP contribution in [0.4, 0.5) is 0 Å². The lowest BCUT2D eigenvalue weighted by Crippen LogP contribution is -2.31. The summed E-state index contributed by atoms with van der Waals surface area (Å²) in [6, 6.07) is 15.4. The van der Waals surface area contributed by atoms with Crippen LogP contribution in [0.5, 0.6) is 0 Å². The lowest BCUT2D eigenvalue weighted by Gasteiger charge is -2.19. The van der Waals surface area contributed by atoms with Crippen molar-refractivity contribution in [2.45, 2.75) is 32.0 Å². The highest BCUT2D eigenvalue weighted by Crippen LogP contribution is 2.24. The van der Waals surface area contributed by atoms with Crippen LogP contribution in [-0.4, -0.2) is 32.2 Å². The highest BCUT2D eigenvalue weighted by Gasteiger charge is 2.23. The number of aryl methyl sites for hydroxylation is 1. The third-order valence-electron chi connectivity index (χ3n) is 4.69. The fourth-order valence-electron chi connectivity index (χ4n) is 3.31. The van der Waals surface area contributed by atoms with Crippen molar-refractivity contribution in [3.8, 4) is 0 Å². The number of rotatable bonds is 4. The van der Waals surface area contributed by atoms with Crippen LogP contribution in [0.3, 0.4) is 0 Å². The van der Waals surface area contributed by atoms with Crippen LogP contribution >= 0.6 is 11.3 Å². The Morgan fingerprint density at radius 2 is 2.04 bits per heavy atom. The van der Waals surface area contributed by atoms with Crippen molar-refractivity contribution in [2.75, 3.05) is 6.54 Å². The largest absolute Gasteiger partial charge is 0.382 e. The van der Waals surface area contributed by atoms with Gasteiger partial charge in [-0.05, 0) is 29.5 Å². The van der Waals surface area contributed by atoms with E-state index < -0.39 is 6.10 Å². The highest BCUT2D eigenvalue weighted by atomic mass is 32.1. The van der Waals surface area contributed by atoms with Crippen LogP contribution < -0.4 is 0 Å². The molecule has 1 aromatic carbocycles. The number of hydrogen-bond acceptors (Lipinski definition) is 4. The zero-order valence-electron chi connectivity index (χ0n) is 14.4. The number of thiophene rings is 1. The second-order valence-electron chi connectivity index (χ2n) is 6.52. The number of benzene rings is 1. The van der Waals surface area contributed by atoms with Gasteiger partial charge in [0.1, 0.15) is 6.10 Å². The number of amides is 1. The Hall–Kier alpha value is -2.44. The van der Waals surface area contributed by atoms with Crippen LogP contribution in [0.15, 0.2) is 53.9 Å². The molecular formula is C20H21N3O2S. The first-order chi connectivity index (χ1) is 12.7. The first-order valence-corrected chi connectivity index (χ1v) is 9.68. The highest BCUT2D eigenvalue weighted by molar-refractivity contribution is 7.10. The molecule has 0 bridgehead atoms. The monoisotopic (exact) mass is 367 g/mol. The van der Waals surface area contributed by atoms with Crippen molar-refractivity contribution < 1.29 is 9.90 Å². The molecule has 26 heavy (non-hydrogen) atoms. The summed E-state index contributed by atoms with van der Waals surface area (Å²) in [4.78, 5) is 15.6. The Morgan fingerprint density at radius 1 is 1.19 bits per heavy atom. The van der Waals surface area contributed by atoms with Gasteiger partial charge in [0.05, 0.1) is 24.4 Å². The molecule has 134 valence electrons. The van der Waals surface area contributed by atoms with E-state index in [2.05, 4.69) is 5.10 Å². The number of aliphatic hydroxyl groups is 1. The summed E-state index contributed by atoms with van der Waals surface area (Å²) in [7, 11) is 0. The summed E-state index contributed by atoms with van der Waals surface area (Å²) < 4.78 is 1.93. The average Bonchev–Trinajstić information content (AvgIpc) is 3.27. The molecular weight excluding hydrogens is 346 g/mol. The number of aliphatic hydroxyl groups excluding tert-OH is 1. The zero-order chi connectivity index (χ0) is 17.9. The van der Waals surface area contributed by atoms with E-state index in [0.717, 1.165) is 35.6 Å². The van der Waals surface area contributed by atoms with Crippen molar-refractivity contribution in [2.24, 2.45) is 0 Å². The smallest absolute Gasteiger partial charge is 0.228 e. The molecule has 1 aliphatic heterocycles. The molecule has 0 saturated heterocycles. The predicted molar refractivity (Wildman–Crippen MR) is 101 cm³/mol. The summed E-state index contributed by atoms with van der Waals surface area (Å²) in [5, 5.41) is 17.2. The molecule has 0 aliphatic carbocycles. The fraction of sp³-hybridized carbons (Fsp3) is 0.300. The van der Waals surface area contributed by atoms with Crippen LogP contribution in [0, 0.1) is 0 Å². The molecule has 2 aromatic heterocycles. The van der Waals surface area contributed by atoms with Gasteiger partial charge in [-0.3, -0.25) is 9.48 Å². The van der Waals surface area contributed by atoms with Crippen LogP contribution in [0.1, 0.15) is 34.4 Å². The first-order valence-electron chi connectivity index (χ1n) is 8.80.